The number of rotatable bonds is 2. The molecule has 11 heteroatoms. The molecule has 236 valence electrons. The SMILES string of the molecule is NC=O.O=C1CC(C2CCCCC2)Oc2ccc(Br)cc21.O=C1NC(=S)NC12CC(C1CCCCC1)Oc1ccc(Br)cc12. The highest BCUT2D eigenvalue weighted by molar-refractivity contribution is 9.10. The van der Waals surface area contributed by atoms with Crippen LogP contribution in [-0.4, -0.2) is 35.4 Å². The number of fused-ring (bicyclic) bond motifs is 3. The summed E-state index contributed by atoms with van der Waals surface area (Å²) >= 11 is 12.1. The van der Waals surface area contributed by atoms with Gasteiger partial charge in [0.2, 0.25) is 6.41 Å². The predicted octanol–water partition coefficient (Wildman–Crippen LogP) is 6.84. The van der Waals surface area contributed by atoms with Crippen LogP contribution in [0.4, 0.5) is 0 Å². The highest BCUT2D eigenvalue weighted by atomic mass is 79.9. The van der Waals surface area contributed by atoms with Crippen molar-refractivity contribution in [2.45, 2.75) is 94.8 Å². The Balaban J connectivity index is 0.000000164. The number of nitrogens with one attached hydrogen (secondary N) is 2. The molecule has 2 aromatic carbocycles. The van der Waals surface area contributed by atoms with Gasteiger partial charge in [-0.15, -0.1) is 0 Å². The molecule has 1 spiro atoms. The minimum Gasteiger partial charge on any atom is -0.490 e. The topological polar surface area (TPSA) is 120 Å². The van der Waals surface area contributed by atoms with Crippen LogP contribution in [0.2, 0.25) is 0 Å². The first-order valence-corrected chi connectivity index (χ1v) is 17.5. The molecule has 3 atom stereocenters. The highest BCUT2D eigenvalue weighted by Gasteiger charge is 2.53. The first-order valence-electron chi connectivity index (χ1n) is 15.5. The molecular formula is C33H39Br2N3O5S. The molecule has 0 aromatic heterocycles. The number of halogens is 2. The molecule has 3 unspecified atom stereocenters. The molecule has 3 fully saturated rings. The van der Waals surface area contributed by atoms with Gasteiger partial charge < -0.3 is 25.8 Å². The minimum atomic E-state index is -0.795. The van der Waals surface area contributed by atoms with Crippen LogP contribution in [0.15, 0.2) is 45.3 Å². The van der Waals surface area contributed by atoms with Crippen molar-refractivity contribution in [3.05, 3.63) is 56.5 Å². The molecule has 3 heterocycles. The molecular weight excluding hydrogens is 710 g/mol. The lowest BCUT2D eigenvalue weighted by atomic mass is 9.75. The van der Waals surface area contributed by atoms with Crippen LogP contribution >= 0.6 is 44.1 Å². The molecule has 2 amide bonds. The van der Waals surface area contributed by atoms with Crippen molar-refractivity contribution in [3.8, 4) is 11.5 Å². The molecule has 2 saturated carbocycles. The average molecular weight is 750 g/mol. The largest absolute Gasteiger partial charge is 0.490 e. The Hall–Kier alpha value is -2.50. The van der Waals surface area contributed by atoms with Gasteiger partial charge in [0.15, 0.2) is 16.4 Å². The third-order valence-corrected chi connectivity index (χ3v) is 10.6. The zero-order valence-electron chi connectivity index (χ0n) is 24.6. The van der Waals surface area contributed by atoms with Crippen molar-refractivity contribution in [1.29, 1.82) is 0 Å². The minimum absolute atomic E-state index is 0.0584. The summed E-state index contributed by atoms with van der Waals surface area (Å²) in [6.07, 6.45) is 14.1. The predicted molar refractivity (Wildman–Crippen MR) is 180 cm³/mol. The molecule has 0 radical (unpaired) electrons. The maximum Gasteiger partial charge on any atom is 0.256 e. The molecule has 3 aliphatic heterocycles. The van der Waals surface area contributed by atoms with E-state index in [9.17, 15) is 9.59 Å². The summed E-state index contributed by atoms with van der Waals surface area (Å²) in [6.45, 7) is 0. The Morgan fingerprint density at radius 2 is 1.39 bits per heavy atom. The molecule has 1 saturated heterocycles. The number of benzene rings is 2. The lowest BCUT2D eigenvalue weighted by Gasteiger charge is -2.41. The van der Waals surface area contributed by atoms with Crippen LogP contribution in [0.1, 0.15) is 93.0 Å². The average Bonchev–Trinajstić information content (AvgIpc) is 3.31. The molecule has 44 heavy (non-hydrogen) atoms. The number of amides is 2. The van der Waals surface area contributed by atoms with Gasteiger partial charge in [0.05, 0.1) is 5.56 Å². The van der Waals surface area contributed by atoms with E-state index in [2.05, 4.69) is 48.2 Å². The summed E-state index contributed by atoms with van der Waals surface area (Å²) in [4.78, 5) is 33.5. The number of hydrogen-bond acceptors (Lipinski definition) is 6. The van der Waals surface area contributed by atoms with Gasteiger partial charge in [-0.1, -0.05) is 70.4 Å². The number of nitrogens with two attached hydrogens (primary N) is 1. The lowest BCUT2D eigenvalue weighted by molar-refractivity contribution is -0.126. The third kappa shape index (κ3) is 7.31. The molecule has 7 rings (SSSR count). The number of carbonyl (C=O) groups is 3. The second-order valence-electron chi connectivity index (χ2n) is 12.2. The fourth-order valence-electron chi connectivity index (χ4n) is 7.24. The molecule has 2 aliphatic carbocycles. The Morgan fingerprint density at radius 1 is 0.841 bits per heavy atom. The zero-order chi connectivity index (χ0) is 31.3. The van der Waals surface area contributed by atoms with E-state index in [-0.39, 0.29) is 30.3 Å². The van der Waals surface area contributed by atoms with Crippen molar-refractivity contribution in [3.63, 3.8) is 0 Å². The number of thiocarbonyl (C=S) groups is 1. The molecule has 8 nitrogen and oxygen atoms in total. The lowest BCUT2D eigenvalue weighted by Crippen LogP contribution is -2.52. The smallest absolute Gasteiger partial charge is 0.256 e. The van der Waals surface area contributed by atoms with Gasteiger partial charge in [-0.25, -0.2) is 0 Å². The van der Waals surface area contributed by atoms with Gasteiger partial charge in [-0.05, 0) is 86.1 Å². The molecule has 4 N–H and O–H groups in total. The molecule has 0 bridgehead atoms. The van der Waals surface area contributed by atoms with Gasteiger partial charge in [0, 0.05) is 27.4 Å². The van der Waals surface area contributed by atoms with Crippen LogP contribution in [0.5, 0.6) is 11.5 Å². The van der Waals surface area contributed by atoms with Crippen molar-refractivity contribution >= 4 is 67.3 Å². The van der Waals surface area contributed by atoms with E-state index in [1.165, 1.54) is 64.2 Å². The van der Waals surface area contributed by atoms with Crippen LogP contribution in [0, 0.1) is 11.8 Å². The van der Waals surface area contributed by atoms with Gasteiger partial charge in [-0.3, -0.25) is 14.4 Å². The van der Waals surface area contributed by atoms with Crippen LogP contribution < -0.4 is 25.8 Å². The quantitative estimate of drug-likeness (QED) is 0.227. The fourth-order valence-corrected chi connectivity index (χ4v) is 8.23. The van der Waals surface area contributed by atoms with Gasteiger partial charge in [0.1, 0.15) is 23.7 Å². The second-order valence-corrected chi connectivity index (χ2v) is 14.4. The number of Topliss-reactive ketones (excluding diaryl/α,β-unsaturated/α-hetero) is 1. The van der Waals surface area contributed by atoms with E-state index in [0.29, 0.717) is 29.8 Å². The van der Waals surface area contributed by atoms with Crippen molar-refractivity contribution < 1.29 is 23.9 Å². The summed E-state index contributed by atoms with van der Waals surface area (Å²) in [5, 5.41) is 6.42. The van der Waals surface area contributed by atoms with Gasteiger partial charge in [0.25, 0.3) is 5.91 Å². The van der Waals surface area contributed by atoms with Gasteiger partial charge in [-0.2, -0.15) is 0 Å². The Kier molecular flexibility index (Phi) is 11.0. The third-order valence-electron chi connectivity index (χ3n) is 9.39. The maximum atomic E-state index is 12.7. The fraction of sp³-hybridized carbons (Fsp3) is 0.515. The number of ether oxygens (including phenoxy) is 2. The van der Waals surface area contributed by atoms with Crippen molar-refractivity contribution in [2.24, 2.45) is 17.6 Å². The summed E-state index contributed by atoms with van der Waals surface area (Å²) in [6, 6.07) is 11.6. The molecule has 2 aromatic rings. The van der Waals surface area contributed by atoms with E-state index in [1.54, 1.807) is 0 Å². The van der Waals surface area contributed by atoms with Crippen LogP contribution in [0.25, 0.3) is 0 Å². The van der Waals surface area contributed by atoms with E-state index in [1.807, 2.05) is 36.4 Å². The summed E-state index contributed by atoms with van der Waals surface area (Å²) < 4.78 is 14.2. The number of carbonyl (C=O) groups excluding carboxylic acids is 3. The van der Waals surface area contributed by atoms with Gasteiger partial charge >= 0.3 is 0 Å². The highest BCUT2D eigenvalue weighted by Crippen LogP contribution is 2.46. The summed E-state index contributed by atoms with van der Waals surface area (Å²) in [5.41, 5.74) is 4.98. The van der Waals surface area contributed by atoms with E-state index in [0.717, 1.165) is 31.6 Å². The summed E-state index contributed by atoms with van der Waals surface area (Å²) in [7, 11) is 0. The second kappa shape index (κ2) is 14.7. The Labute approximate surface area is 280 Å². The Bertz CT molecular complexity index is 1400. The maximum absolute atomic E-state index is 12.7. The van der Waals surface area contributed by atoms with E-state index < -0.39 is 5.54 Å². The first kappa shape index (κ1) is 32.9. The number of primary amides is 1. The van der Waals surface area contributed by atoms with Crippen molar-refractivity contribution in [1.82, 2.24) is 10.6 Å². The van der Waals surface area contributed by atoms with E-state index >= 15 is 0 Å². The standard InChI is InChI=1S/C17H19BrN2O2S.C15H17BrO2.CH3NO/c18-11-6-7-13-12(8-11)17(15(21)19-16(23)20-17)9-14(22-13)10-4-2-1-3-5-10;16-11-6-7-14-12(8-11)13(17)9-15(18-14)10-4-2-1-3-5-10;2-1-3/h6-8,10,14H,1-5,9H2,(H2,19,20,21,23);6-8,10,15H,1-5,9H2;1H,(H2,2,3). The van der Waals surface area contributed by atoms with Crippen LogP contribution in [-0.2, 0) is 15.1 Å². The normalized spacial score (nSPS) is 26.3. The monoisotopic (exact) mass is 747 g/mol. The molecule has 5 aliphatic rings. The zero-order valence-corrected chi connectivity index (χ0v) is 28.6. The van der Waals surface area contributed by atoms with Crippen molar-refractivity contribution in [2.75, 3.05) is 0 Å². The Morgan fingerprint density at radius 3 is 1.98 bits per heavy atom. The summed E-state index contributed by atoms with van der Waals surface area (Å²) in [5.74, 6) is 2.81. The van der Waals surface area contributed by atoms with Crippen LogP contribution in [0.3, 0.4) is 0 Å². The first-order chi connectivity index (χ1) is 21.2. The number of hydrogen-bond donors (Lipinski definition) is 3. The van der Waals surface area contributed by atoms with E-state index in [4.69, 9.17) is 26.5 Å². The number of ketones is 1.